The van der Waals surface area contributed by atoms with Crippen LogP contribution in [0.2, 0.25) is 5.02 Å². The molecule has 1 aliphatic heterocycles. The zero-order chi connectivity index (χ0) is 26.9. The van der Waals surface area contributed by atoms with Crippen LogP contribution in [0.15, 0.2) is 71.1 Å². The van der Waals surface area contributed by atoms with Gasteiger partial charge in [-0.15, -0.1) is 0 Å². The Morgan fingerprint density at radius 2 is 1.68 bits per heavy atom. The molecule has 3 aromatic carbocycles. The lowest BCUT2D eigenvalue weighted by Crippen LogP contribution is -2.54. The van der Waals surface area contributed by atoms with Crippen molar-refractivity contribution < 1.29 is 36.8 Å². The molecule has 0 saturated carbocycles. The Balaban J connectivity index is 1.69. The molecule has 37 heavy (non-hydrogen) atoms. The lowest BCUT2D eigenvalue weighted by Gasteiger charge is -2.26. The molecule has 4 amide bonds. The number of halogens is 2. The quantitative estimate of drug-likeness (QED) is 0.175. The van der Waals surface area contributed by atoms with Gasteiger partial charge in [-0.3, -0.25) is 14.9 Å². The minimum atomic E-state index is -4.23. The van der Waals surface area contributed by atoms with E-state index in [2.05, 4.69) is 5.32 Å². The van der Waals surface area contributed by atoms with Crippen molar-refractivity contribution in [3.8, 4) is 17.2 Å². The number of carbonyl (C=O) groups is 3. The molecule has 190 valence electrons. The van der Waals surface area contributed by atoms with Crippen LogP contribution in [-0.4, -0.2) is 38.5 Å². The van der Waals surface area contributed by atoms with Gasteiger partial charge in [0, 0.05) is 5.02 Å². The maximum absolute atomic E-state index is 13.1. The number of hydrogen-bond acceptors (Lipinski definition) is 8. The van der Waals surface area contributed by atoms with E-state index in [9.17, 15) is 27.9 Å². The number of phenolic OH excluding ortho intramolecular Hbond substituents is 1. The normalized spacial score (nSPS) is 15.1. The number of benzene rings is 3. The number of imide groups is 2. The highest BCUT2D eigenvalue weighted by atomic mass is 127. The number of urea groups is 1. The second kappa shape index (κ2) is 10.4. The van der Waals surface area contributed by atoms with Crippen molar-refractivity contribution in [1.82, 2.24) is 5.32 Å². The fraction of sp³-hybridized carbons (Fsp3) is 0.0417. The van der Waals surface area contributed by atoms with Gasteiger partial charge in [0.1, 0.15) is 16.2 Å². The fourth-order valence-electron chi connectivity index (χ4n) is 3.32. The number of carbonyl (C=O) groups excluding carboxylic acids is 3. The van der Waals surface area contributed by atoms with Crippen LogP contribution < -0.4 is 19.1 Å². The van der Waals surface area contributed by atoms with E-state index in [-0.39, 0.29) is 33.4 Å². The molecule has 1 fully saturated rings. The third-order valence-electron chi connectivity index (χ3n) is 5.07. The van der Waals surface area contributed by atoms with Crippen LogP contribution in [0.25, 0.3) is 6.08 Å². The number of aromatic hydroxyl groups is 1. The number of rotatable bonds is 6. The summed E-state index contributed by atoms with van der Waals surface area (Å²) in [5, 5.41) is 11.9. The van der Waals surface area contributed by atoms with Crippen LogP contribution in [0.5, 0.6) is 17.2 Å². The van der Waals surface area contributed by atoms with E-state index >= 15 is 0 Å². The Morgan fingerprint density at radius 1 is 1.03 bits per heavy atom. The van der Waals surface area contributed by atoms with Gasteiger partial charge in [-0.1, -0.05) is 11.6 Å². The summed E-state index contributed by atoms with van der Waals surface area (Å²) in [6.45, 7) is 0. The molecule has 0 unspecified atom stereocenters. The number of nitrogens with zero attached hydrogens (tertiary/aromatic N) is 1. The Morgan fingerprint density at radius 3 is 2.30 bits per heavy atom. The average molecular weight is 655 g/mol. The van der Waals surface area contributed by atoms with Gasteiger partial charge >= 0.3 is 16.1 Å². The molecule has 0 radical (unpaired) electrons. The van der Waals surface area contributed by atoms with Crippen molar-refractivity contribution in [2.45, 2.75) is 4.90 Å². The fourth-order valence-corrected chi connectivity index (χ4v) is 5.29. The van der Waals surface area contributed by atoms with Gasteiger partial charge in [0.05, 0.1) is 16.4 Å². The van der Waals surface area contributed by atoms with Crippen LogP contribution >= 0.6 is 34.2 Å². The van der Waals surface area contributed by atoms with Gasteiger partial charge in [-0.2, -0.15) is 8.42 Å². The SMILES string of the molecule is COc1cc(/C=C2\C(=O)NC(=O)N(c3ccc(O)cc3)C2=O)cc(I)c1OS(=O)(=O)c1ccc(Cl)cc1. The molecule has 4 rings (SSSR count). The van der Waals surface area contributed by atoms with Gasteiger partial charge in [-0.05, 0) is 94.9 Å². The van der Waals surface area contributed by atoms with Crippen molar-refractivity contribution in [1.29, 1.82) is 0 Å². The maximum atomic E-state index is 13.1. The van der Waals surface area contributed by atoms with E-state index in [0.29, 0.717) is 14.2 Å². The molecule has 0 aliphatic carbocycles. The van der Waals surface area contributed by atoms with Crippen LogP contribution in [0.1, 0.15) is 5.56 Å². The monoisotopic (exact) mass is 654 g/mol. The summed E-state index contributed by atoms with van der Waals surface area (Å²) in [4.78, 5) is 38.6. The van der Waals surface area contributed by atoms with E-state index in [1.54, 1.807) is 0 Å². The van der Waals surface area contributed by atoms with E-state index in [0.717, 1.165) is 4.90 Å². The smallest absolute Gasteiger partial charge is 0.339 e. The van der Waals surface area contributed by atoms with E-state index in [4.69, 9.17) is 20.5 Å². The standard InChI is InChI=1S/C24H16ClIN2O8S/c1-35-20-12-13(11-19(26)21(20)36-37(33,34)17-8-2-14(25)3-9-17)10-18-22(30)27-24(32)28(23(18)31)15-4-6-16(29)7-5-15/h2-12,29H,1H3,(H,27,30,32)/b18-10+. The minimum Gasteiger partial charge on any atom is -0.508 e. The second-order valence-electron chi connectivity index (χ2n) is 7.50. The largest absolute Gasteiger partial charge is 0.508 e. The molecular formula is C24H16ClIN2O8S. The number of methoxy groups -OCH3 is 1. The van der Waals surface area contributed by atoms with Crippen LogP contribution in [0, 0.1) is 3.57 Å². The number of phenols is 1. The van der Waals surface area contributed by atoms with Gasteiger partial charge < -0.3 is 14.0 Å². The van der Waals surface area contributed by atoms with E-state index in [1.165, 1.54) is 73.8 Å². The summed E-state index contributed by atoms with van der Waals surface area (Å²) < 4.78 is 36.4. The third-order valence-corrected chi connectivity index (χ3v) is 7.36. The minimum absolute atomic E-state index is 0.0198. The molecule has 1 aliphatic rings. The maximum Gasteiger partial charge on any atom is 0.339 e. The van der Waals surface area contributed by atoms with Crippen molar-refractivity contribution in [3.63, 3.8) is 0 Å². The average Bonchev–Trinajstić information content (AvgIpc) is 2.84. The summed E-state index contributed by atoms with van der Waals surface area (Å²) in [5.74, 6) is -1.95. The van der Waals surface area contributed by atoms with Crippen LogP contribution in [0.4, 0.5) is 10.5 Å². The van der Waals surface area contributed by atoms with Gasteiger partial charge in [0.2, 0.25) is 0 Å². The first-order chi connectivity index (χ1) is 17.5. The molecule has 1 saturated heterocycles. The number of hydrogen-bond donors (Lipinski definition) is 2. The predicted octanol–water partition coefficient (Wildman–Crippen LogP) is 4.09. The highest BCUT2D eigenvalue weighted by Crippen LogP contribution is 2.37. The Bertz CT molecular complexity index is 1550. The molecule has 0 aromatic heterocycles. The van der Waals surface area contributed by atoms with Gasteiger partial charge in [-0.25, -0.2) is 9.69 Å². The predicted molar refractivity (Wildman–Crippen MR) is 142 cm³/mol. The molecule has 2 N–H and O–H groups in total. The molecule has 3 aromatic rings. The highest BCUT2D eigenvalue weighted by Gasteiger charge is 2.37. The molecule has 13 heteroatoms. The molecule has 0 bridgehead atoms. The van der Waals surface area contributed by atoms with Crippen molar-refractivity contribution in [2.24, 2.45) is 0 Å². The van der Waals surface area contributed by atoms with E-state index in [1.807, 2.05) is 22.6 Å². The lowest BCUT2D eigenvalue weighted by atomic mass is 10.1. The number of amides is 4. The first kappa shape index (κ1) is 26.4. The molecular weight excluding hydrogens is 639 g/mol. The van der Waals surface area contributed by atoms with Gasteiger partial charge in [0.15, 0.2) is 11.5 Å². The number of ether oxygens (including phenoxy) is 1. The van der Waals surface area contributed by atoms with Crippen molar-refractivity contribution in [2.75, 3.05) is 12.0 Å². The summed E-state index contributed by atoms with van der Waals surface area (Å²) in [5.41, 5.74) is 0.0889. The molecule has 0 atom stereocenters. The Kier molecular flexibility index (Phi) is 7.43. The van der Waals surface area contributed by atoms with Crippen molar-refractivity contribution >= 4 is 73.9 Å². The zero-order valence-electron chi connectivity index (χ0n) is 18.8. The lowest BCUT2D eigenvalue weighted by molar-refractivity contribution is -0.122. The molecule has 10 nitrogen and oxygen atoms in total. The molecule has 0 spiro atoms. The summed E-state index contributed by atoms with van der Waals surface area (Å²) in [7, 11) is -2.93. The van der Waals surface area contributed by atoms with Crippen LogP contribution in [0.3, 0.4) is 0 Å². The summed E-state index contributed by atoms with van der Waals surface area (Å²) >= 11 is 7.66. The zero-order valence-corrected chi connectivity index (χ0v) is 22.5. The Hall–Kier alpha value is -3.62. The summed E-state index contributed by atoms with van der Waals surface area (Å²) in [6, 6.07) is 12.6. The third kappa shape index (κ3) is 5.55. The van der Waals surface area contributed by atoms with Gasteiger partial charge in [0.25, 0.3) is 11.8 Å². The highest BCUT2D eigenvalue weighted by molar-refractivity contribution is 14.1. The number of nitrogens with one attached hydrogen (secondary N) is 1. The first-order valence-electron chi connectivity index (χ1n) is 10.3. The Labute approximate surface area is 229 Å². The van der Waals surface area contributed by atoms with Crippen LogP contribution in [-0.2, 0) is 19.7 Å². The second-order valence-corrected chi connectivity index (χ2v) is 10.6. The topological polar surface area (TPSA) is 139 Å². The van der Waals surface area contributed by atoms with E-state index < -0.39 is 28.0 Å². The first-order valence-corrected chi connectivity index (χ1v) is 13.1. The number of anilines is 1. The van der Waals surface area contributed by atoms with Crippen molar-refractivity contribution in [3.05, 3.63) is 80.4 Å². The molecule has 1 heterocycles. The summed E-state index contributed by atoms with van der Waals surface area (Å²) in [6.07, 6.45) is 1.24. The number of barbiturate groups is 1.